The summed E-state index contributed by atoms with van der Waals surface area (Å²) in [5, 5.41) is 17.1. The minimum absolute atomic E-state index is 0.0249. The topological polar surface area (TPSA) is 134 Å². The predicted octanol–water partition coefficient (Wildman–Crippen LogP) is 6.23. The van der Waals surface area contributed by atoms with Crippen LogP contribution >= 0.6 is 11.8 Å². The van der Waals surface area contributed by atoms with Crippen LogP contribution in [0, 0.1) is 6.92 Å². The zero-order valence-corrected chi connectivity index (χ0v) is 25.1. The van der Waals surface area contributed by atoms with Gasteiger partial charge < -0.3 is 25.8 Å². The average molecular weight is 610 g/mol. The van der Waals surface area contributed by atoms with Crippen LogP contribution in [0.4, 0.5) is 11.4 Å². The fraction of sp³-hybridized carbons (Fsp3) is 0.118. The van der Waals surface area contributed by atoms with Crippen LogP contribution in [-0.4, -0.2) is 41.2 Å². The summed E-state index contributed by atoms with van der Waals surface area (Å²) in [6, 6.07) is 27.2. The van der Waals surface area contributed by atoms with E-state index in [1.807, 2.05) is 6.07 Å². The fourth-order valence-electron chi connectivity index (χ4n) is 4.07. The van der Waals surface area contributed by atoms with Crippen LogP contribution in [0.5, 0.6) is 5.75 Å². The Morgan fingerprint density at radius 3 is 2.32 bits per heavy atom. The largest absolute Gasteiger partial charge is 0.497 e. The van der Waals surface area contributed by atoms with E-state index in [0.29, 0.717) is 33.1 Å². The number of carboxylic acid groups (broad SMARTS) is 1. The second-order valence-corrected chi connectivity index (χ2v) is 11.1. The first kappa shape index (κ1) is 31.6. The highest BCUT2D eigenvalue weighted by Crippen LogP contribution is 2.28. The number of hydrogen-bond acceptors (Lipinski definition) is 6. The van der Waals surface area contributed by atoms with Crippen LogP contribution in [0.15, 0.2) is 108 Å². The second kappa shape index (κ2) is 14.7. The number of thioether (sulfide) groups is 1. The van der Waals surface area contributed by atoms with E-state index >= 15 is 0 Å². The lowest BCUT2D eigenvalue weighted by Crippen LogP contribution is -2.30. The lowest BCUT2D eigenvalue weighted by atomic mass is 10.1. The highest BCUT2D eigenvalue weighted by Gasteiger charge is 2.18. The molecule has 0 spiro atoms. The van der Waals surface area contributed by atoms with E-state index in [1.165, 1.54) is 23.9 Å². The van der Waals surface area contributed by atoms with Gasteiger partial charge in [-0.15, -0.1) is 11.8 Å². The third kappa shape index (κ3) is 8.59. The Morgan fingerprint density at radius 2 is 1.59 bits per heavy atom. The van der Waals surface area contributed by atoms with Gasteiger partial charge in [-0.3, -0.25) is 14.4 Å². The number of amides is 3. The van der Waals surface area contributed by atoms with Crippen molar-refractivity contribution in [3.05, 3.63) is 125 Å². The van der Waals surface area contributed by atoms with Crippen molar-refractivity contribution >= 4 is 52.9 Å². The van der Waals surface area contributed by atoms with Gasteiger partial charge in [-0.1, -0.05) is 42.5 Å². The molecule has 10 heteroatoms. The van der Waals surface area contributed by atoms with Crippen LogP contribution in [-0.2, 0) is 9.59 Å². The van der Waals surface area contributed by atoms with Gasteiger partial charge in [0.25, 0.3) is 11.8 Å². The van der Waals surface area contributed by atoms with Crippen LogP contribution in [0.2, 0.25) is 0 Å². The summed E-state index contributed by atoms with van der Waals surface area (Å²) in [5.41, 5.74) is 2.77. The molecule has 0 bridgehead atoms. The molecule has 1 atom stereocenters. The number of carbonyl (C=O) groups excluding carboxylic acids is 3. The molecule has 224 valence electrons. The maximum atomic E-state index is 13.5. The van der Waals surface area contributed by atoms with Crippen LogP contribution < -0.4 is 20.7 Å². The van der Waals surface area contributed by atoms with Gasteiger partial charge in [0.15, 0.2) is 0 Å². The summed E-state index contributed by atoms with van der Waals surface area (Å²) in [6.07, 6.45) is 1.56. The molecule has 0 aliphatic rings. The highest BCUT2D eigenvalue weighted by molar-refractivity contribution is 8.00. The molecule has 0 saturated carbocycles. The fourth-order valence-corrected chi connectivity index (χ4v) is 4.99. The standard InChI is InChI=1S/C34H31N3O6S/c1-21-15-16-25(34(41)42)19-29(21)36-31(38)22(2)44-28-14-8-12-26(20-28)35-33(40)30(18-23-9-7-13-27(17-23)43-3)37-32(39)24-10-5-4-6-11-24/h4-20,22H,1-3H3,(H,35,40)(H,36,38)(H,37,39)(H,41,42)/b30-18-. The normalized spacial score (nSPS) is 11.7. The number of rotatable bonds is 11. The Bertz CT molecular complexity index is 1720. The van der Waals surface area contributed by atoms with Gasteiger partial charge in [0.2, 0.25) is 5.91 Å². The van der Waals surface area contributed by atoms with Crippen molar-refractivity contribution in [2.45, 2.75) is 24.0 Å². The number of methoxy groups -OCH3 is 1. The van der Waals surface area contributed by atoms with Gasteiger partial charge >= 0.3 is 5.97 Å². The van der Waals surface area contributed by atoms with E-state index in [0.717, 1.165) is 5.56 Å². The van der Waals surface area contributed by atoms with Gasteiger partial charge in [-0.2, -0.15) is 0 Å². The summed E-state index contributed by atoms with van der Waals surface area (Å²) < 4.78 is 5.29. The van der Waals surface area contributed by atoms with E-state index < -0.39 is 23.0 Å². The molecule has 0 heterocycles. The van der Waals surface area contributed by atoms with E-state index in [2.05, 4.69) is 16.0 Å². The number of carboxylic acids is 1. The minimum atomic E-state index is -1.08. The molecule has 44 heavy (non-hydrogen) atoms. The molecule has 4 aromatic carbocycles. The van der Waals surface area contributed by atoms with E-state index in [9.17, 15) is 24.3 Å². The summed E-state index contributed by atoms with van der Waals surface area (Å²) in [7, 11) is 1.54. The van der Waals surface area contributed by atoms with Crippen molar-refractivity contribution in [2.24, 2.45) is 0 Å². The first-order valence-electron chi connectivity index (χ1n) is 13.6. The lowest BCUT2D eigenvalue weighted by molar-refractivity contribution is -0.115. The molecule has 0 fully saturated rings. The number of nitrogens with one attached hydrogen (secondary N) is 3. The molecular formula is C34H31N3O6S. The molecule has 1 unspecified atom stereocenters. The van der Waals surface area contributed by atoms with Crippen molar-refractivity contribution in [1.82, 2.24) is 5.32 Å². The van der Waals surface area contributed by atoms with Crippen LogP contribution in [0.3, 0.4) is 0 Å². The van der Waals surface area contributed by atoms with Crippen molar-refractivity contribution in [3.8, 4) is 5.75 Å². The first-order chi connectivity index (χ1) is 21.1. The monoisotopic (exact) mass is 609 g/mol. The maximum absolute atomic E-state index is 13.5. The molecule has 9 nitrogen and oxygen atoms in total. The molecule has 4 rings (SSSR count). The van der Waals surface area contributed by atoms with Gasteiger partial charge in [0.05, 0.1) is 17.9 Å². The lowest BCUT2D eigenvalue weighted by Gasteiger charge is -2.15. The van der Waals surface area contributed by atoms with Gasteiger partial charge in [0, 0.05) is 21.8 Å². The summed E-state index contributed by atoms with van der Waals surface area (Å²) in [4.78, 5) is 51.4. The van der Waals surface area contributed by atoms with Crippen molar-refractivity contribution in [1.29, 1.82) is 0 Å². The van der Waals surface area contributed by atoms with Gasteiger partial charge in [-0.25, -0.2) is 4.79 Å². The summed E-state index contributed by atoms with van der Waals surface area (Å²) >= 11 is 1.27. The molecule has 0 aliphatic heterocycles. The number of carbonyl (C=O) groups is 4. The Labute approximate surface area is 259 Å². The Kier molecular flexibility index (Phi) is 10.6. The maximum Gasteiger partial charge on any atom is 0.335 e. The van der Waals surface area contributed by atoms with Crippen molar-refractivity contribution in [2.75, 3.05) is 17.7 Å². The Balaban J connectivity index is 1.49. The molecular weight excluding hydrogens is 578 g/mol. The number of benzene rings is 4. The number of aryl methyl sites for hydroxylation is 1. The summed E-state index contributed by atoms with van der Waals surface area (Å²) in [5.74, 6) is -1.77. The van der Waals surface area contributed by atoms with Crippen LogP contribution in [0.1, 0.15) is 38.8 Å². The average Bonchev–Trinajstić information content (AvgIpc) is 3.02. The molecule has 4 aromatic rings. The van der Waals surface area contributed by atoms with E-state index in [4.69, 9.17) is 4.74 Å². The predicted molar refractivity (Wildman–Crippen MR) is 172 cm³/mol. The van der Waals surface area contributed by atoms with E-state index in [-0.39, 0.29) is 17.2 Å². The number of aromatic carboxylic acids is 1. The molecule has 0 aliphatic carbocycles. The smallest absolute Gasteiger partial charge is 0.335 e. The second-order valence-electron chi connectivity index (χ2n) is 9.72. The Hall–Kier alpha value is -5.35. The first-order valence-corrected chi connectivity index (χ1v) is 14.5. The highest BCUT2D eigenvalue weighted by atomic mass is 32.2. The number of ether oxygens (including phenoxy) is 1. The van der Waals surface area contributed by atoms with E-state index in [1.54, 1.807) is 106 Å². The number of hydrogen-bond donors (Lipinski definition) is 4. The van der Waals surface area contributed by atoms with Crippen molar-refractivity contribution in [3.63, 3.8) is 0 Å². The molecule has 3 amide bonds. The zero-order chi connectivity index (χ0) is 31.6. The summed E-state index contributed by atoms with van der Waals surface area (Å²) in [6.45, 7) is 3.51. The van der Waals surface area contributed by atoms with Crippen molar-refractivity contribution < 1.29 is 29.0 Å². The zero-order valence-electron chi connectivity index (χ0n) is 24.3. The number of anilines is 2. The molecule has 0 saturated heterocycles. The Morgan fingerprint density at radius 1 is 0.841 bits per heavy atom. The molecule has 0 aromatic heterocycles. The SMILES string of the molecule is COc1cccc(/C=C(\NC(=O)c2ccccc2)C(=O)Nc2cccc(SC(C)C(=O)Nc3cc(C(=O)O)ccc3C)c2)c1. The molecule has 4 N–H and O–H groups in total. The third-order valence-electron chi connectivity index (χ3n) is 6.45. The van der Waals surface area contributed by atoms with Gasteiger partial charge in [0.1, 0.15) is 11.4 Å². The third-order valence-corrected chi connectivity index (χ3v) is 7.54. The van der Waals surface area contributed by atoms with Gasteiger partial charge in [-0.05, 0) is 85.6 Å². The van der Waals surface area contributed by atoms with Crippen LogP contribution in [0.25, 0.3) is 6.08 Å². The minimum Gasteiger partial charge on any atom is -0.497 e. The quantitative estimate of drug-likeness (QED) is 0.117. The molecule has 0 radical (unpaired) electrons.